The summed E-state index contributed by atoms with van der Waals surface area (Å²) in [7, 11) is 0. The number of nitrogens with one attached hydrogen (secondary N) is 2. The average molecular weight is 468 g/mol. The van der Waals surface area contributed by atoms with Crippen LogP contribution in [0.4, 0.5) is 5.69 Å². The van der Waals surface area contributed by atoms with Gasteiger partial charge in [0.25, 0.3) is 5.56 Å². The van der Waals surface area contributed by atoms with E-state index in [1.165, 1.54) is 0 Å². The van der Waals surface area contributed by atoms with Gasteiger partial charge < -0.3 is 19.9 Å². The van der Waals surface area contributed by atoms with Gasteiger partial charge in [-0.05, 0) is 49.9 Å². The molecule has 1 saturated heterocycles. The number of carbonyl (C=O) groups is 1. The zero-order valence-corrected chi connectivity index (χ0v) is 19.7. The van der Waals surface area contributed by atoms with Crippen molar-refractivity contribution in [2.24, 2.45) is 5.92 Å². The zero-order valence-electron chi connectivity index (χ0n) is 18.9. The number of rotatable bonds is 8. The van der Waals surface area contributed by atoms with Crippen LogP contribution in [-0.4, -0.2) is 43.7 Å². The van der Waals surface area contributed by atoms with E-state index in [-0.39, 0.29) is 17.4 Å². The van der Waals surface area contributed by atoms with E-state index in [4.69, 9.17) is 16.3 Å². The first kappa shape index (κ1) is 23.3. The number of ether oxygens (including phenoxy) is 1. The molecular formula is C26H30ClN3O3. The van der Waals surface area contributed by atoms with Gasteiger partial charge in [-0.2, -0.15) is 0 Å². The SMILES string of the molecule is CCOCCCNC(=O)[C@H]1CCCN(c2c(-c3ccccc3)c3cc(Cl)ccc3[nH]c2=O)C1. The normalized spacial score (nSPS) is 16.2. The molecule has 4 rings (SSSR count). The number of aromatic nitrogens is 1. The van der Waals surface area contributed by atoms with Crippen molar-refractivity contribution in [2.75, 3.05) is 37.7 Å². The number of piperidine rings is 1. The Morgan fingerprint density at radius 1 is 1.24 bits per heavy atom. The number of hydrogen-bond donors (Lipinski definition) is 2. The third-order valence-corrected chi connectivity index (χ3v) is 6.33. The minimum atomic E-state index is -0.163. The van der Waals surface area contributed by atoms with Gasteiger partial charge in [-0.15, -0.1) is 0 Å². The van der Waals surface area contributed by atoms with Crippen LogP contribution >= 0.6 is 11.6 Å². The predicted octanol–water partition coefficient (Wildman–Crippen LogP) is 4.61. The van der Waals surface area contributed by atoms with Crippen molar-refractivity contribution in [3.63, 3.8) is 0 Å². The van der Waals surface area contributed by atoms with Gasteiger partial charge in [0.2, 0.25) is 5.91 Å². The summed E-state index contributed by atoms with van der Waals surface area (Å²) in [6.07, 6.45) is 2.45. The first-order chi connectivity index (χ1) is 16.1. The van der Waals surface area contributed by atoms with Gasteiger partial charge in [0.1, 0.15) is 5.69 Å². The van der Waals surface area contributed by atoms with E-state index in [2.05, 4.69) is 15.2 Å². The summed E-state index contributed by atoms with van der Waals surface area (Å²) in [5.41, 5.74) is 3.00. The molecule has 3 aromatic rings. The number of H-pyrrole nitrogens is 1. The number of fused-ring (bicyclic) bond motifs is 1. The minimum Gasteiger partial charge on any atom is -0.382 e. The quantitative estimate of drug-likeness (QED) is 0.474. The number of carbonyl (C=O) groups excluding carboxylic acids is 1. The molecule has 7 heteroatoms. The van der Waals surface area contributed by atoms with Crippen molar-refractivity contribution in [3.05, 3.63) is 63.9 Å². The molecule has 1 aromatic heterocycles. The molecule has 1 atom stereocenters. The molecule has 1 fully saturated rings. The fourth-order valence-electron chi connectivity index (χ4n) is 4.52. The maximum absolute atomic E-state index is 13.3. The van der Waals surface area contributed by atoms with Crippen LogP contribution in [0.25, 0.3) is 22.0 Å². The molecule has 2 heterocycles. The van der Waals surface area contributed by atoms with E-state index >= 15 is 0 Å². The number of pyridine rings is 1. The second-order valence-corrected chi connectivity index (χ2v) is 8.80. The Morgan fingerprint density at radius 3 is 2.85 bits per heavy atom. The first-order valence-corrected chi connectivity index (χ1v) is 12.0. The Labute approximate surface area is 198 Å². The van der Waals surface area contributed by atoms with E-state index < -0.39 is 0 Å². The molecule has 0 bridgehead atoms. The number of amides is 1. The first-order valence-electron chi connectivity index (χ1n) is 11.6. The van der Waals surface area contributed by atoms with Crippen molar-refractivity contribution < 1.29 is 9.53 Å². The van der Waals surface area contributed by atoms with E-state index in [0.717, 1.165) is 47.8 Å². The van der Waals surface area contributed by atoms with Crippen molar-refractivity contribution in [1.29, 1.82) is 0 Å². The lowest BCUT2D eigenvalue weighted by atomic mass is 9.94. The van der Waals surface area contributed by atoms with Gasteiger partial charge in [-0.25, -0.2) is 0 Å². The molecule has 0 unspecified atom stereocenters. The highest BCUT2D eigenvalue weighted by Crippen LogP contribution is 2.37. The Morgan fingerprint density at radius 2 is 2.06 bits per heavy atom. The Kier molecular flexibility index (Phi) is 7.68. The molecule has 174 valence electrons. The zero-order chi connectivity index (χ0) is 23.2. The molecule has 0 spiro atoms. The summed E-state index contributed by atoms with van der Waals surface area (Å²) >= 11 is 6.33. The molecular weight excluding hydrogens is 438 g/mol. The Hall–Kier alpha value is -2.83. The highest BCUT2D eigenvalue weighted by molar-refractivity contribution is 6.31. The van der Waals surface area contributed by atoms with Gasteiger partial charge in [0, 0.05) is 54.3 Å². The van der Waals surface area contributed by atoms with Crippen molar-refractivity contribution in [2.45, 2.75) is 26.2 Å². The summed E-state index contributed by atoms with van der Waals surface area (Å²) in [4.78, 5) is 31.2. The molecule has 33 heavy (non-hydrogen) atoms. The number of hydrogen-bond acceptors (Lipinski definition) is 4. The van der Waals surface area contributed by atoms with Crippen LogP contribution in [0.5, 0.6) is 0 Å². The smallest absolute Gasteiger partial charge is 0.272 e. The molecule has 6 nitrogen and oxygen atoms in total. The van der Waals surface area contributed by atoms with Gasteiger partial charge in [0.05, 0.1) is 5.92 Å². The standard InChI is InChI=1S/C26H30ClN3O3/c1-2-33-15-7-13-28-25(31)19-10-6-14-30(17-19)24-23(18-8-4-3-5-9-18)21-16-20(27)11-12-22(21)29-26(24)32/h3-5,8-9,11-12,16,19H,2,6-7,10,13-15,17H2,1H3,(H,28,31)(H,29,32)/t19-/m0/s1. The second kappa shape index (κ2) is 10.9. The van der Waals surface area contributed by atoms with Gasteiger partial charge in [-0.1, -0.05) is 41.9 Å². The molecule has 1 aliphatic rings. The lowest BCUT2D eigenvalue weighted by molar-refractivity contribution is -0.125. The van der Waals surface area contributed by atoms with Crippen molar-refractivity contribution >= 4 is 34.1 Å². The van der Waals surface area contributed by atoms with Crippen molar-refractivity contribution in [1.82, 2.24) is 10.3 Å². The monoisotopic (exact) mass is 467 g/mol. The van der Waals surface area contributed by atoms with Gasteiger partial charge in [-0.3, -0.25) is 9.59 Å². The third kappa shape index (κ3) is 5.40. The molecule has 2 aromatic carbocycles. The third-order valence-electron chi connectivity index (χ3n) is 6.09. The Bertz CT molecular complexity index is 1160. The fraction of sp³-hybridized carbons (Fsp3) is 0.385. The van der Waals surface area contributed by atoms with Crippen LogP contribution in [0.15, 0.2) is 53.3 Å². The summed E-state index contributed by atoms with van der Waals surface area (Å²) in [5, 5.41) is 4.54. The van der Waals surface area contributed by atoms with E-state index in [0.29, 0.717) is 37.0 Å². The molecule has 2 N–H and O–H groups in total. The highest BCUT2D eigenvalue weighted by Gasteiger charge is 2.29. The molecule has 1 aliphatic heterocycles. The maximum Gasteiger partial charge on any atom is 0.272 e. The minimum absolute atomic E-state index is 0.0396. The lowest BCUT2D eigenvalue weighted by Gasteiger charge is -2.34. The molecule has 0 aliphatic carbocycles. The van der Waals surface area contributed by atoms with Crippen LogP contribution in [0, 0.1) is 5.92 Å². The number of aromatic amines is 1. The van der Waals surface area contributed by atoms with E-state index in [1.807, 2.05) is 49.4 Å². The van der Waals surface area contributed by atoms with Crippen LogP contribution in [0.1, 0.15) is 26.2 Å². The topological polar surface area (TPSA) is 74.4 Å². The molecule has 1 amide bonds. The van der Waals surface area contributed by atoms with E-state index in [1.54, 1.807) is 6.07 Å². The fourth-order valence-corrected chi connectivity index (χ4v) is 4.69. The number of benzene rings is 2. The van der Waals surface area contributed by atoms with Crippen LogP contribution in [-0.2, 0) is 9.53 Å². The number of nitrogens with zero attached hydrogens (tertiary/aromatic N) is 1. The van der Waals surface area contributed by atoms with E-state index in [9.17, 15) is 9.59 Å². The van der Waals surface area contributed by atoms with Crippen LogP contribution < -0.4 is 15.8 Å². The molecule has 0 radical (unpaired) electrons. The highest BCUT2D eigenvalue weighted by atomic mass is 35.5. The lowest BCUT2D eigenvalue weighted by Crippen LogP contribution is -2.45. The summed E-state index contributed by atoms with van der Waals surface area (Å²) < 4.78 is 5.34. The molecule has 0 saturated carbocycles. The van der Waals surface area contributed by atoms with Crippen molar-refractivity contribution in [3.8, 4) is 11.1 Å². The second-order valence-electron chi connectivity index (χ2n) is 8.36. The predicted molar refractivity (Wildman–Crippen MR) is 134 cm³/mol. The summed E-state index contributed by atoms with van der Waals surface area (Å²) in [5.74, 6) is -0.123. The summed E-state index contributed by atoms with van der Waals surface area (Å²) in [6, 6.07) is 15.4. The largest absolute Gasteiger partial charge is 0.382 e. The summed E-state index contributed by atoms with van der Waals surface area (Å²) in [6.45, 7) is 5.11. The Balaban J connectivity index is 1.65. The maximum atomic E-state index is 13.3. The van der Waals surface area contributed by atoms with Crippen LogP contribution in [0.3, 0.4) is 0 Å². The number of halogens is 1. The van der Waals surface area contributed by atoms with Gasteiger partial charge >= 0.3 is 0 Å². The average Bonchev–Trinajstić information content (AvgIpc) is 2.84. The van der Waals surface area contributed by atoms with Gasteiger partial charge in [0.15, 0.2) is 0 Å². The number of anilines is 1. The van der Waals surface area contributed by atoms with Crippen LogP contribution in [0.2, 0.25) is 5.02 Å².